The summed E-state index contributed by atoms with van der Waals surface area (Å²) in [5.74, 6) is 1.59. The number of pyridine rings is 3. The second kappa shape index (κ2) is 8.73. The summed E-state index contributed by atoms with van der Waals surface area (Å²) in [4.78, 5) is 35.1. The molecule has 5 rings (SSSR count). The van der Waals surface area contributed by atoms with Crippen LogP contribution < -0.4 is 10.9 Å². The van der Waals surface area contributed by atoms with Gasteiger partial charge in [-0.05, 0) is 68.6 Å². The molecular weight excluding hydrogens is 412 g/mol. The van der Waals surface area contributed by atoms with Gasteiger partial charge in [0.25, 0.3) is 5.56 Å². The maximum absolute atomic E-state index is 13.7. The van der Waals surface area contributed by atoms with Crippen molar-refractivity contribution in [2.24, 2.45) is 11.8 Å². The zero-order chi connectivity index (χ0) is 23.1. The first kappa shape index (κ1) is 21.8. The molecule has 2 saturated carbocycles. The number of carbonyl (C=O) groups is 1. The van der Waals surface area contributed by atoms with Crippen molar-refractivity contribution < 1.29 is 4.79 Å². The van der Waals surface area contributed by atoms with Crippen molar-refractivity contribution in [3.05, 3.63) is 52.2 Å². The third-order valence-corrected chi connectivity index (χ3v) is 6.96. The average Bonchev–Trinajstić information content (AvgIpc) is 3.70. The quantitative estimate of drug-likeness (QED) is 0.503. The van der Waals surface area contributed by atoms with Gasteiger partial charge in [-0.3, -0.25) is 14.6 Å². The highest BCUT2D eigenvalue weighted by atomic mass is 16.2. The van der Waals surface area contributed by atoms with E-state index in [1.54, 1.807) is 6.20 Å². The molecule has 33 heavy (non-hydrogen) atoms. The van der Waals surface area contributed by atoms with Crippen molar-refractivity contribution in [2.45, 2.75) is 71.8 Å². The standard InChI is InChI=1S/C27H32N4O2/c1-4-5-16(2)23-10-17(3)22(14-28-23)21-11-20-13-29-25(30-26(32)19-8-9-19)12-24(20)31(27(21)33)15-18-6-7-18/h10-14,16,18-19H,4-9,15H2,1-3H3,(H,29,30,32)/t16-/m0/s1. The summed E-state index contributed by atoms with van der Waals surface area (Å²) in [5, 5.41) is 3.82. The second-order valence-corrected chi connectivity index (χ2v) is 9.92. The van der Waals surface area contributed by atoms with E-state index >= 15 is 0 Å². The Bertz CT molecular complexity index is 1270. The van der Waals surface area contributed by atoms with Gasteiger partial charge in [0.05, 0.1) is 5.52 Å². The van der Waals surface area contributed by atoms with Crippen LogP contribution >= 0.6 is 0 Å². The van der Waals surface area contributed by atoms with Gasteiger partial charge in [-0.15, -0.1) is 0 Å². The molecule has 0 saturated heterocycles. The Hall–Kier alpha value is -3.02. The first-order valence-corrected chi connectivity index (χ1v) is 12.3. The lowest BCUT2D eigenvalue weighted by atomic mass is 9.96. The number of nitrogens with one attached hydrogen (secondary N) is 1. The maximum atomic E-state index is 13.7. The molecule has 0 aliphatic heterocycles. The number of anilines is 1. The van der Waals surface area contributed by atoms with Crippen LogP contribution in [0.15, 0.2) is 35.4 Å². The molecule has 0 unspecified atom stereocenters. The predicted octanol–water partition coefficient (Wildman–Crippen LogP) is 5.43. The highest BCUT2D eigenvalue weighted by Crippen LogP contribution is 2.33. The molecule has 1 N–H and O–H groups in total. The van der Waals surface area contributed by atoms with Gasteiger partial charge in [-0.25, -0.2) is 4.98 Å². The normalized spacial score (nSPS) is 16.7. The van der Waals surface area contributed by atoms with E-state index in [1.807, 2.05) is 22.9 Å². The summed E-state index contributed by atoms with van der Waals surface area (Å²) >= 11 is 0. The third kappa shape index (κ3) is 4.56. The van der Waals surface area contributed by atoms with E-state index < -0.39 is 0 Å². The van der Waals surface area contributed by atoms with Crippen molar-refractivity contribution in [2.75, 3.05) is 5.32 Å². The highest BCUT2D eigenvalue weighted by molar-refractivity contribution is 5.95. The molecule has 3 aromatic rings. The maximum Gasteiger partial charge on any atom is 0.258 e. The van der Waals surface area contributed by atoms with Gasteiger partial charge in [0.15, 0.2) is 0 Å². The number of fused-ring (bicyclic) bond motifs is 1. The molecule has 0 bridgehead atoms. The fourth-order valence-electron chi connectivity index (χ4n) is 4.56. The Kier molecular flexibility index (Phi) is 5.77. The first-order valence-electron chi connectivity index (χ1n) is 12.3. The molecule has 2 aliphatic rings. The lowest BCUT2D eigenvalue weighted by Crippen LogP contribution is -2.24. The zero-order valence-electron chi connectivity index (χ0n) is 19.7. The van der Waals surface area contributed by atoms with Gasteiger partial charge in [-0.1, -0.05) is 20.3 Å². The summed E-state index contributed by atoms with van der Waals surface area (Å²) in [6, 6.07) is 5.91. The minimum Gasteiger partial charge on any atom is -0.310 e. The molecule has 2 fully saturated rings. The molecule has 3 heterocycles. The van der Waals surface area contributed by atoms with Gasteiger partial charge in [-0.2, -0.15) is 0 Å². The zero-order valence-corrected chi connectivity index (χ0v) is 19.7. The smallest absolute Gasteiger partial charge is 0.258 e. The minimum atomic E-state index is -0.000624. The van der Waals surface area contributed by atoms with Crippen LogP contribution in [0.4, 0.5) is 5.82 Å². The van der Waals surface area contributed by atoms with Gasteiger partial charge in [0.2, 0.25) is 5.91 Å². The molecule has 0 spiro atoms. The number of hydrogen-bond donors (Lipinski definition) is 1. The van der Waals surface area contributed by atoms with Crippen molar-refractivity contribution in [1.82, 2.24) is 14.5 Å². The second-order valence-electron chi connectivity index (χ2n) is 9.92. The Balaban J connectivity index is 1.57. The van der Waals surface area contributed by atoms with Crippen LogP contribution in [0.25, 0.3) is 22.0 Å². The van der Waals surface area contributed by atoms with Crippen LogP contribution in [-0.2, 0) is 11.3 Å². The van der Waals surface area contributed by atoms with Gasteiger partial charge < -0.3 is 9.88 Å². The lowest BCUT2D eigenvalue weighted by molar-refractivity contribution is -0.117. The van der Waals surface area contributed by atoms with Crippen LogP contribution in [-0.4, -0.2) is 20.4 Å². The summed E-state index contributed by atoms with van der Waals surface area (Å²) in [7, 11) is 0. The van der Waals surface area contributed by atoms with Crippen molar-refractivity contribution >= 4 is 22.6 Å². The SMILES string of the molecule is CCC[C@H](C)c1cc(C)c(-c2cc3cnc(NC(=O)C4CC4)cc3n(CC3CC3)c2=O)cn1. The average molecular weight is 445 g/mol. The molecule has 1 atom stereocenters. The van der Waals surface area contributed by atoms with Gasteiger partial charge in [0.1, 0.15) is 5.82 Å². The Morgan fingerprint density at radius 1 is 1.12 bits per heavy atom. The number of carbonyl (C=O) groups excluding carboxylic acids is 1. The molecule has 172 valence electrons. The number of aromatic nitrogens is 3. The van der Waals surface area contributed by atoms with Crippen LogP contribution in [0.5, 0.6) is 0 Å². The Morgan fingerprint density at radius 2 is 1.91 bits per heavy atom. The number of hydrogen-bond acceptors (Lipinski definition) is 4. The molecular formula is C27H32N4O2. The topological polar surface area (TPSA) is 76.9 Å². The van der Waals surface area contributed by atoms with Crippen LogP contribution in [0.2, 0.25) is 0 Å². The van der Waals surface area contributed by atoms with E-state index in [1.165, 1.54) is 0 Å². The van der Waals surface area contributed by atoms with Crippen molar-refractivity contribution in [3.63, 3.8) is 0 Å². The van der Waals surface area contributed by atoms with Gasteiger partial charge >= 0.3 is 0 Å². The minimum absolute atomic E-state index is 0.000624. The summed E-state index contributed by atoms with van der Waals surface area (Å²) in [5.41, 5.74) is 4.52. The van der Waals surface area contributed by atoms with E-state index in [0.29, 0.717) is 29.8 Å². The van der Waals surface area contributed by atoms with Gasteiger partial charge in [0, 0.05) is 53.1 Å². The molecule has 6 nitrogen and oxygen atoms in total. The van der Waals surface area contributed by atoms with E-state index in [2.05, 4.69) is 37.1 Å². The molecule has 0 radical (unpaired) electrons. The summed E-state index contributed by atoms with van der Waals surface area (Å²) in [6.45, 7) is 7.14. The summed E-state index contributed by atoms with van der Waals surface area (Å²) in [6.07, 6.45) is 10.0. The number of nitrogens with zero attached hydrogens (tertiary/aromatic N) is 3. The van der Waals surface area contributed by atoms with Crippen molar-refractivity contribution in [3.8, 4) is 11.1 Å². The molecule has 0 aromatic carbocycles. The monoisotopic (exact) mass is 444 g/mol. The van der Waals surface area contributed by atoms with Crippen molar-refractivity contribution in [1.29, 1.82) is 0 Å². The fourth-order valence-corrected chi connectivity index (χ4v) is 4.56. The predicted molar refractivity (Wildman–Crippen MR) is 131 cm³/mol. The highest BCUT2D eigenvalue weighted by Gasteiger charge is 2.30. The molecule has 3 aromatic heterocycles. The molecule has 2 aliphatic carbocycles. The lowest BCUT2D eigenvalue weighted by Gasteiger charge is -2.16. The number of aryl methyl sites for hydroxylation is 1. The molecule has 1 amide bonds. The van der Waals surface area contributed by atoms with E-state index in [4.69, 9.17) is 4.98 Å². The van der Waals surface area contributed by atoms with E-state index in [9.17, 15) is 9.59 Å². The Morgan fingerprint density at radius 3 is 2.58 bits per heavy atom. The third-order valence-electron chi connectivity index (χ3n) is 6.96. The number of rotatable bonds is 8. The fraction of sp³-hybridized carbons (Fsp3) is 0.481. The van der Waals surface area contributed by atoms with Crippen LogP contribution in [0, 0.1) is 18.8 Å². The Labute approximate surface area is 194 Å². The number of amides is 1. The molecule has 6 heteroatoms. The first-order chi connectivity index (χ1) is 15.9. The van der Waals surface area contributed by atoms with E-state index in [0.717, 1.165) is 66.2 Å². The van der Waals surface area contributed by atoms with Crippen LogP contribution in [0.3, 0.4) is 0 Å². The largest absolute Gasteiger partial charge is 0.310 e. The van der Waals surface area contributed by atoms with Crippen LogP contribution in [0.1, 0.15) is 69.5 Å². The summed E-state index contributed by atoms with van der Waals surface area (Å²) < 4.78 is 1.88. The van der Waals surface area contributed by atoms with E-state index in [-0.39, 0.29) is 17.4 Å².